The van der Waals surface area contributed by atoms with Gasteiger partial charge in [0.2, 0.25) is 0 Å². The molecule has 0 heterocycles. The van der Waals surface area contributed by atoms with Crippen LogP contribution in [0, 0.1) is 0 Å². The molecule has 0 aromatic carbocycles. The SMILES string of the molecule is CCOCCCSC(CC)C(=O)O. The van der Waals surface area contributed by atoms with Gasteiger partial charge in [0.05, 0.1) is 0 Å². The van der Waals surface area contributed by atoms with Crippen LogP contribution in [-0.4, -0.2) is 35.3 Å². The highest BCUT2D eigenvalue weighted by molar-refractivity contribution is 8.00. The lowest BCUT2D eigenvalue weighted by atomic mass is 10.3. The lowest BCUT2D eigenvalue weighted by molar-refractivity contribution is -0.136. The van der Waals surface area contributed by atoms with Crippen molar-refractivity contribution < 1.29 is 14.6 Å². The lowest BCUT2D eigenvalue weighted by Crippen LogP contribution is -2.15. The Balaban J connectivity index is 3.33. The fraction of sp³-hybridized carbons (Fsp3) is 0.889. The molecule has 0 aliphatic carbocycles. The summed E-state index contributed by atoms with van der Waals surface area (Å²) in [5.74, 6) is 0.161. The number of hydrogen-bond acceptors (Lipinski definition) is 3. The molecule has 1 unspecified atom stereocenters. The van der Waals surface area contributed by atoms with Gasteiger partial charge in [-0.1, -0.05) is 6.92 Å². The quantitative estimate of drug-likeness (QED) is 0.617. The fourth-order valence-corrected chi connectivity index (χ4v) is 1.84. The molecule has 0 radical (unpaired) electrons. The number of rotatable bonds is 8. The van der Waals surface area contributed by atoms with Crippen molar-refractivity contribution >= 4 is 17.7 Å². The van der Waals surface area contributed by atoms with Gasteiger partial charge in [0, 0.05) is 13.2 Å². The molecule has 0 aliphatic heterocycles. The number of carboxylic acids is 1. The molecule has 78 valence electrons. The van der Waals surface area contributed by atoms with Crippen molar-refractivity contribution in [2.24, 2.45) is 0 Å². The van der Waals surface area contributed by atoms with E-state index in [1.54, 1.807) is 0 Å². The first-order valence-electron chi connectivity index (χ1n) is 4.64. The van der Waals surface area contributed by atoms with E-state index in [0.717, 1.165) is 25.4 Å². The maximum Gasteiger partial charge on any atom is 0.316 e. The van der Waals surface area contributed by atoms with Crippen LogP contribution >= 0.6 is 11.8 Å². The molecule has 13 heavy (non-hydrogen) atoms. The van der Waals surface area contributed by atoms with Gasteiger partial charge in [-0.05, 0) is 25.5 Å². The van der Waals surface area contributed by atoms with E-state index in [4.69, 9.17) is 9.84 Å². The van der Waals surface area contributed by atoms with Crippen molar-refractivity contribution in [3.05, 3.63) is 0 Å². The van der Waals surface area contributed by atoms with E-state index in [-0.39, 0.29) is 5.25 Å². The normalized spacial score (nSPS) is 12.8. The minimum atomic E-state index is -0.705. The van der Waals surface area contributed by atoms with Gasteiger partial charge in [-0.3, -0.25) is 4.79 Å². The van der Waals surface area contributed by atoms with Gasteiger partial charge in [-0.2, -0.15) is 0 Å². The van der Waals surface area contributed by atoms with Crippen LogP contribution in [-0.2, 0) is 9.53 Å². The molecular formula is C9H18O3S. The van der Waals surface area contributed by atoms with Crippen molar-refractivity contribution in [1.82, 2.24) is 0 Å². The fourth-order valence-electron chi connectivity index (χ4n) is 0.895. The Morgan fingerprint density at radius 2 is 2.23 bits per heavy atom. The van der Waals surface area contributed by atoms with Crippen LogP contribution < -0.4 is 0 Å². The predicted molar refractivity (Wildman–Crippen MR) is 55.3 cm³/mol. The third kappa shape index (κ3) is 6.90. The molecule has 0 aliphatic rings. The second-order valence-corrected chi connectivity index (χ2v) is 3.97. The van der Waals surface area contributed by atoms with E-state index in [2.05, 4.69) is 0 Å². The molecule has 1 atom stereocenters. The second kappa shape index (κ2) is 8.38. The Bertz CT molecular complexity index is 139. The van der Waals surface area contributed by atoms with Crippen LogP contribution in [0.1, 0.15) is 26.7 Å². The summed E-state index contributed by atoms with van der Waals surface area (Å²) in [5.41, 5.74) is 0. The Morgan fingerprint density at radius 1 is 1.54 bits per heavy atom. The third-order valence-corrected chi connectivity index (χ3v) is 3.06. The number of aliphatic carboxylic acids is 1. The molecule has 0 saturated heterocycles. The molecule has 0 fully saturated rings. The number of carbonyl (C=O) groups is 1. The zero-order valence-electron chi connectivity index (χ0n) is 8.28. The van der Waals surface area contributed by atoms with Crippen LogP contribution in [0.15, 0.2) is 0 Å². The van der Waals surface area contributed by atoms with Crippen LogP contribution in [0.2, 0.25) is 0 Å². The summed E-state index contributed by atoms with van der Waals surface area (Å²) in [4.78, 5) is 10.6. The zero-order chi connectivity index (χ0) is 10.1. The Morgan fingerprint density at radius 3 is 2.69 bits per heavy atom. The van der Waals surface area contributed by atoms with Gasteiger partial charge >= 0.3 is 5.97 Å². The lowest BCUT2D eigenvalue weighted by Gasteiger charge is -2.08. The Labute approximate surface area is 83.9 Å². The van der Waals surface area contributed by atoms with Crippen LogP contribution in [0.25, 0.3) is 0 Å². The Hall–Kier alpha value is -0.220. The molecule has 0 aromatic heterocycles. The number of thioether (sulfide) groups is 1. The highest BCUT2D eigenvalue weighted by Crippen LogP contribution is 2.15. The van der Waals surface area contributed by atoms with Crippen LogP contribution in [0.4, 0.5) is 0 Å². The first-order valence-corrected chi connectivity index (χ1v) is 5.69. The van der Waals surface area contributed by atoms with E-state index in [1.807, 2.05) is 13.8 Å². The summed E-state index contributed by atoms with van der Waals surface area (Å²) in [6, 6.07) is 0. The third-order valence-electron chi connectivity index (χ3n) is 1.60. The van der Waals surface area contributed by atoms with Crippen molar-refractivity contribution in [2.45, 2.75) is 31.9 Å². The standard InChI is InChI=1S/C9H18O3S/c1-3-8(9(10)11)13-7-5-6-12-4-2/h8H,3-7H2,1-2H3,(H,10,11). The van der Waals surface area contributed by atoms with E-state index in [9.17, 15) is 4.79 Å². The summed E-state index contributed by atoms with van der Waals surface area (Å²) in [5, 5.41) is 8.48. The molecule has 0 spiro atoms. The van der Waals surface area contributed by atoms with Gasteiger partial charge in [0.25, 0.3) is 0 Å². The smallest absolute Gasteiger partial charge is 0.316 e. The minimum absolute atomic E-state index is 0.248. The highest BCUT2D eigenvalue weighted by Gasteiger charge is 2.14. The van der Waals surface area contributed by atoms with E-state index in [1.165, 1.54) is 11.8 Å². The average molecular weight is 206 g/mol. The maximum atomic E-state index is 10.6. The molecule has 3 nitrogen and oxygen atoms in total. The zero-order valence-corrected chi connectivity index (χ0v) is 9.10. The maximum absolute atomic E-state index is 10.6. The second-order valence-electron chi connectivity index (χ2n) is 2.66. The Kier molecular flexibility index (Phi) is 8.24. The summed E-state index contributed by atoms with van der Waals surface area (Å²) in [6.07, 6.45) is 1.62. The van der Waals surface area contributed by atoms with Crippen molar-refractivity contribution in [3.63, 3.8) is 0 Å². The molecule has 0 aromatic rings. The number of ether oxygens (including phenoxy) is 1. The van der Waals surface area contributed by atoms with Crippen molar-refractivity contribution in [2.75, 3.05) is 19.0 Å². The van der Waals surface area contributed by atoms with Gasteiger partial charge in [-0.25, -0.2) is 0 Å². The van der Waals surface area contributed by atoms with Crippen molar-refractivity contribution in [1.29, 1.82) is 0 Å². The van der Waals surface area contributed by atoms with E-state index < -0.39 is 5.97 Å². The van der Waals surface area contributed by atoms with E-state index >= 15 is 0 Å². The first kappa shape index (κ1) is 12.8. The van der Waals surface area contributed by atoms with Crippen LogP contribution in [0.5, 0.6) is 0 Å². The summed E-state index contributed by atoms with van der Waals surface area (Å²) >= 11 is 1.50. The minimum Gasteiger partial charge on any atom is -0.480 e. The predicted octanol–water partition coefficient (Wildman–Crippen LogP) is 2.01. The molecule has 4 heteroatoms. The number of hydrogen-bond donors (Lipinski definition) is 1. The average Bonchev–Trinajstić information content (AvgIpc) is 2.10. The molecule has 0 saturated carbocycles. The summed E-state index contributed by atoms with van der Waals surface area (Å²) < 4.78 is 5.15. The monoisotopic (exact) mass is 206 g/mol. The summed E-state index contributed by atoms with van der Waals surface area (Å²) in [7, 11) is 0. The molecule has 0 amide bonds. The van der Waals surface area contributed by atoms with Gasteiger partial charge in [0.15, 0.2) is 0 Å². The molecule has 1 N–H and O–H groups in total. The van der Waals surface area contributed by atoms with Crippen molar-refractivity contribution in [3.8, 4) is 0 Å². The molecular weight excluding hydrogens is 188 g/mol. The number of carboxylic acid groups (broad SMARTS) is 1. The van der Waals surface area contributed by atoms with Crippen LogP contribution in [0.3, 0.4) is 0 Å². The largest absolute Gasteiger partial charge is 0.480 e. The summed E-state index contributed by atoms with van der Waals surface area (Å²) in [6.45, 7) is 5.33. The highest BCUT2D eigenvalue weighted by atomic mass is 32.2. The van der Waals surface area contributed by atoms with Gasteiger partial charge in [0.1, 0.15) is 5.25 Å². The van der Waals surface area contributed by atoms with Gasteiger partial charge < -0.3 is 9.84 Å². The van der Waals surface area contributed by atoms with E-state index in [0.29, 0.717) is 6.42 Å². The first-order chi connectivity index (χ1) is 6.22. The topological polar surface area (TPSA) is 46.5 Å². The van der Waals surface area contributed by atoms with Gasteiger partial charge in [-0.15, -0.1) is 11.8 Å². The molecule has 0 bridgehead atoms. The molecule has 0 rings (SSSR count).